The van der Waals surface area contributed by atoms with Crippen molar-refractivity contribution >= 4 is 28.5 Å². The van der Waals surface area contributed by atoms with E-state index in [9.17, 15) is 18.8 Å². The lowest BCUT2D eigenvalue weighted by Gasteiger charge is -2.17. The molecule has 0 saturated heterocycles. The van der Waals surface area contributed by atoms with Gasteiger partial charge in [-0.1, -0.05) is 18.2 Å². The van der Waals surface area contributed by atoms with Gasteiger partial charge < -0.3 is 10.2 Å². The fourth-order valence-corrected chi connectivity index (χ4v) is 3.06. The number of nitrogens with one attached hydrogen (secondary N) is 1. The highest BCUT2D eigenvalue weighted by molar-refractivity contribution is 5.94. The van der Waals surface area contributed by atoms with Crippen LogP contribution in [0.2, 0.25) is 0 Å². The summed E-state index contributed by atoms with van der Waals surface area (Å²) in [7, 11) is 1.48. The number of anilines is 1. The molecule has 0 aliphatic carbocycles. The third kappa shape index (κ3) is 3.95. The summed E-state index contributed by atoms with van der Waals surface area (Å²) in [6.07, 6.45) is 0. The quantitative estimate of drug-likeness (QED) is 0.707. The van der Waals surface area contributed by atoms with Crippen molar-refractivity contribution in [2.75, 3.05) is 18.9 Å². The highest BCUT2D eigenvalue weighted by Crippen LogP contribution is 2.13. The van der Waals surface area contributed by atoms with Crippen molar-refractivity contribution in [2.24, 2.45) is 0 Å². The van der Waals surface area contributed by atoms with E-state index in [0.717, 1.165) is 5.52 Å². The number of likely N-dealkylation sites (N-methyl/N-ethyl adjacent to an activating group) is 1. The third-order valence-electron chi connectivity index (χ3n) is 4.45. The maximum Gasteiger partial charge on any atom is 0.329 e. The summed E-state index contributed by atoms with van der Waals surface area (Å²) in [6, 6.07) is 12.8. The summed E-state index contributed by atoms with van der Waals surface area (Å²) in [5.74, 6) is -1.30. The van der Waals surface area contributed by atoms with Crippen molar-refractivity contribution in [3.8, 4) is 0 Å². The number of para-hydroxylation sites is 2. The number of imidazole rings is 1. The predicted molar refractivity (Wildman–Crippen MR) is 105 cm³/mol. The molecule has 2 amide bonds. The molecule has 1 aromatic heterocycles. The second-order valence-electron chi connectivity index (χ2n) is 6.41. The van der Waals surface area contributed by atoms with Gasteiger partial charge in [-0.3, -0.25) is 18.7 Å². The van der Waals surface area contributed by atoms with Crippen LogP contribution >= 0.6 is 0 Å². The van der Waals surface area contributed by atoms with Crippen LogP contribution in [0.25, 0.3) is 11.0 Å². The van der Waals surface area contributed by atoms with Crippen molar-refractivity contribution in [2.45, 2.75) is 20.0 Å². The molecule has 0 saturated carbocycles. The molecule has 0 unspecified atom stereocenters. The molecule has 0 spiro atoms. The van der Waals surface area contributed by atoms with E-state index in [2.05, 4.69) is 5.32 Å². The van der Waals surface area contributed by atoms with E-state index < -0.39 is 11.7 Å². The van der Waals surface area contributed by atoms with Gasteiger partial charge in [0.25, 0.3) is 0 Å². The maximum absolute atomic E-state index is 13.2. The van der Waals surface area contributed by atoms with Gasteiger partial charge in [-0.25, -0.2) is 9.18 Å². The summed E-state index contributed by atoms with van der Waals surface area (Å²) in [6.45, 7) is 1.97. The lowest BCUT2D eigenvalue weighted by Crippen LogP contribution is -2.38. The Kier molecular flexibility index (Phi) is 5.58. The molecule has 0 atom stereocenters. The fourth-order valence-electron chi connectivity index (χ4n) is 3.06. The van der Waals surface area contributed by atoms with Crippen molar-refractivity contribution in [3.05, 3.63) is 64.8 Å². The Hall–Kier alpha value is -3.42. The molecule has 2 aromatic carbocycles. The smallest absolute Gasteiger partial charge is 0.329 e. The van der Waals surface area contributed by atoms with Crippen LogP contribution in [-0.4, -0.2) is 39.4 Å². The maximum atomic E-state index is 13.2. The molecule has 8 heteroatoms. The first-order chi connectivity index (χ1) is 13.4. The molecule has 0 bridgehead atoms. The van der Waals surface area contributed by atoms with E-state index in [1.807, 2.05) is 19.1 Å². The summed E-state index contributed by atoms with van der Waals surface area (Å²) >= 11 is 0. The lowest BCUT2D eigenvalue weighted by atomic mass is 10.3. The largest absolute Gasteiger partial charge is 0.335 e. The number of rotatable bonds is 6. The van der Waals surface area contributed by atoms with E-state index in [4.69, 9.17) is 0 Å². The zero-order valence-electron chi connectivity index (χ0n) is 15.7. The number of aromatic nitrogens is 2. The molecule has 0 aliphatic rings. The van der Waals surface area contributed by atoms with Gasteiger partial charge in [0.15, 0.2) is 0 Å². The first-order valence-electron chi connectivity index (χ1n) is 8.88. The molecule has 0 aliphatic heterocycles. The number of carbonyl (C=O) groups is 2. The number of benzene rings is 2. The highest BCUT2D eigenvalue weighted by atomic mass is 19.1. The Morgan fingerprint density at radius 3 is 2.39 bits per heavy atom. The number of amides is 2. The molecule has 0 radical (unpaired) electrons. The van der Waals surface area contributed by atoms with Gasteiger partial charge in [-0.05, 0) is 37.3 Å². The molecule has 1 heterocycles. The monoisotopic (exact) mass is 384 g/mol. The van der Waals surface area contributed by atoms with Gasteiger partial charge in [0.1, 0.15) is 12.4 Å². The Bertz CT molecular complexity index is 1090. The lowest BCUT2D eigenvalue weighted by molar-refractivity contribution is -0.133. The number of aryl methyl sites for hydroxylation is 1. The minimum absolute atomic E-state index is 0.171. The Morgan fingerprint density at radius 2 is 1.75 bits per heavy atom. The van der Waals surface area contributed by atoms with Crippen molar-refractivity contribution < 1.29 is 14.0 Å². The van der Waals surface area contributed by atoms with Crippen LogP contribution < -0.4 is 11.0 Å². The number of halogens is 1. The fraction of sp³-hybridized carbons (Fsp3) is 0.250. The van der Waals surface area contributed by atoms with Gasteiger partial charge in [-0.15, -0.1) is 0 Å². The normalized spacial score (nSPS) is 10.8. The summed E-state index contributed by atoms with van der Waals surface area (Å²) in [4.78, 5) is 38.5. The summed E-state index contributed by atoms with van der Waals surface area (Å²) in [5, 5.41) is 2.54. The van der Waals surface area contributed by atoms with E-state index in [0.29, 0.717) is 17.7 Å². The average Bonchev–Trinajstić information content (AvgIpc) is 2.92. The van der Waals surface area contributed by atoms with Crippen LogP contribution in [-0.2, 0) is 22.7 Å². The number of nitrogens with zero attached hydrogens (tertiary/aromatic N) is 3. The molecule has 0 fully saturated rings. The number of hydrogen-bond donors (Lipinski definition) is 1. The van der Waals surface area contributed by atoms with Gasteiger partial charge in [0.2, 0.25) is 11.8 Å². The summed E-state index contributed by atoms with van der Waals surface area (Å²) < 4.78 is 16.2. The molecule has 7 nitrogen and oxygen atoms in total. The molecule has 3 rings (SSSR count). The van der Waals surface area contributed by atoms with E-state index in [1.165, 1.54) is 34.7 Å². The zero-order valence-corrected chi connectivity index (χ0v) is 15.7. The minimum Gasteiger partial charge on any atom is -0.335 e. The van der Waals surface area contributed by atoms with Gasteiger partial charge in [0, 0.05) is 19.3 Å². The number of fused-ring (bicyclic) bond motifs is 1. The zero-order chi connectivity index (χ0) is 20.3. The predicted octanol–water partition coefficient (Wildman–Crippen LogP) is 2.06. The first kappa shape index (κ1) is 19.3. The SMILES string of the molecule is CCn1c(=O)n(CC(=O)N(C)CC(=O)Nc2cccc(F)c2)c2ccccc21. The Balaban J connectivity index is 1.71. The first-order valence-corrected chi connectivity index (χ1v) is 8.88. The highest BCUT2D eigenvalue weighted by Gasteiger charge is 2.18. The van der Waals surface area contributed by atoms with Crippen LogP contribution in [0.5, 0.6) is 0 Å². The van der Waals surface area contributed by atoms with E-state index in [-0.39, 0.29) is 24.7 Å². The minimum atomic E-state index is -0.464. The average molecular weight is 384 g/mol. The molecular formula is C20H21FN4O3. The van der Waals surface area contributed by atoms with Gasteiger partial charge >= 0.3 is 5.69 Å². The van der Waals surface area contributed by atoms with Crippen LogP contribution in [0.3, 0.4) is 0 Å². The van der Waals surface area contributed by atoms with Gasteiger partial charge in [-0.2, -0.15) is 0 Å². The van der Waals surface area contributed by atoms with E-state index in [1.54, 1.807) is 22.8 Å². The number of hydrogen-bond acceptors (Lipinski definition) is 3. The van der Waals surface area contributed by atoms with Crippen LogP contribution in [0.1, 0.15) is 6.92 Å². The van der Waals surface area contributed by atoms with Crippen molar-refractivity contribution in [3.63, 3.8) is 0 Å². The second-order valence-corrected chi connectivity index (χ2v) is 6.41. The van der Waals surface area contributed by atoms with Crippen molar-refractivity contribution in [1.82, 2.24) is 14.0 Å². The molecule has 1 N–H and O–H groups in total. The molecule has 3 aromatic rings. The second kappa shape index (κ2) is 8.08. The number of carbonyl (C=O) groups excluding carboxylic acids is 2. The Morgan fingerprint density at radius 1 is 1.07 bits per heavy atom. The topological polar surface area (TPSA) is 76.3 Å². The third-order valence-corrected chi connectivity index (χ3v) is 4.45. The van der Waals surface area contributed by atoms with Crippen molar-refractivity contribution in [1.29, 1.82) is 0 Å². The van der Waals surface area contributed by atoms with Gasteiger partial charge in [0.05, 0.1) is 17.6 Å². The molecule has 28 heavy (non-hydrogen) atoms. The Labute approximate surface area is 161 Å². The van der Waals surface area contributed by atoms with E-state index >= 15 is 0 Å². The molecule has 146 valence electrons. The summed E-state index contributed by atoms with van der Waals surface area (Å²) in [5.41, 5.74) is 1.47. The van der Waals surface area contributed by atoms with Crippen LogP contribution in [0, 0.1) is 5.82 Å². The molecular weight excluding hydrogens is 363 g/mol. The standard InChI is InChI=1S/C20H21FN4O3/c1-3-24-16-9-4-5-10-17(16)25(20(24)28)13-19(27)23(2)12-18(26)22-15-8-6-7-14(21)11-15/h4-11H,3,12-13H2,1-2H3,(H,22,26). The van der Waals surface area contributed by atoms with Crippen LogP contribution in [0.15, 0.2) is 53.3 Å². The van der Waals surface area contributed by atoms with Crippen LogP contribution in [0.4, 0.5) is 10.1 Å².